The second-order valence-electron chi connectivity index (χ2n) is 11.5. The largest absolute Gasteiger partial charge is 0.414 e. The van der Waals surface area contributed by atoms with Crippen molar-refractivity contribution in [3.8, 4) is 0 Å². The number of carbonyl (C=O) groups excluding carboxylic acids is 2. The molecule has 5 atom stereocenters. The van der Waals surface area contributed by atoms with Gasteiger partial charge in [-0.2, -0.15) is 5.10 Å². The fourth-order valence-electron chi connectivity index (χ4n) is 4.93. The van der Waals surface area contributed by atoms with Gasteiger partial charge in [0.15, 0.2) is 14.0 Å². The zero-order valence-corrected chi connectivity index (χ0v) is 23.4. The normalized spacial score (nSPS) is 24.6. The van der Waals surface area contributed by atoms with Gasteiger partial charge in [0.2, 0.25) is 0 Å². The molecule has 4 rings (SSSR count). The molecule has 7 nitrogen and oxygen atoms in total. The smallest absolute Gasteiger partial charge is 0.271 e. The van der Waals surface area contributed by atoms with E-state index in [4.69, 9.17) is 16.0 Å². The molecule has 1 unspecified atom stereocenters. The van der Waals surface area contributed by atoms with Crippen LogP contribution in [0.3, 0.4) is 0 Å². The number of benzene rings is 1. The molecule has 2 aliphatic rings. The topological polar surface area (TPSA) is 85.3 Å². The lowest BCUT2D eigenvalue weighted by Gasteiger charge is -2.39. The third-order valence-electron chi connectivity index (χ3n) is 8.09. The van der Waals surface area contributed by atoms with Gasteiger partial charge in [0.1, 0.15) is 5.69 Å². The van der Waals surface area contributed by atoms with Crippen LogP contribution in [0.15, 0.2) is 30.3 Å². The highest BCUT2D eigenvalue weighted by Gasteiger charge is 2.58. The summed E-state index contributed by atoms with van der Waals surface area (Å²) in [5, 5.41) is 11.1. The van der Waals surface area contributed by atoms with Gasteiger partial charge in [0, 0.05) is 30.3 Å². The maximum atomic E-state index is 13.4. The number of nitrogens with one attached hydrogen (secondary N) is 2. The molecular weight excluding hydrogens is 480 g/mol. The number of halogens is 1. The van der Waals surface area contributed by atoms with E-state index < -0.39 is 8.32 Å². The molecular formula is C26H37ClN4O3Si. The van der Waals surface area contributed by atoms with Crippen LogP contribution in [0.5, 0.6) is 0 Å². The maximum Gasteiger partial charge on any atom is 0.271 e. The van der Waals surface area contributed by atoms with Crippen LogP contribution in [0.4, 0.5) is 0 Å². The zero-order chi connectivity index (χ0) is 25.7. The van der Waals surface area contributed by atoms with Gasteiger partial charge in [-0.3, -0.25) is 14.3 Å². The molecule has 2 saturated carbocycles. The molecule has 190 valence electrons. The third kappa shape index (κ3) is 5.20. The highest BCUT2D eigenvalue weighted by Crippen LogP contribution is 2.54. The lowest BCUT2D eigenvalue weighted by atomic mass is 10.1. The van der Waals surface area contributed by atoms with Crippen LogP contribution in [0.2, 0.25) is 23.2 Å². The molecule has 35 heavy (non-hydrogen) atoms. The summed E-state index contributed by atoms with van der Waals surface area (Å²) in [6, 6.07) is 8.90. The van der Waals surface area contributed by atoms with Crippen molar-refractivity contribution in [3.63, 3.8) is 0 Å². The molecule has 2 aromatic rings. The monoisotopic (exact) mass is 516 g/mol. The highest BCUT2D eigenvalue weighted by atomic mass is 35.5. The summed E-state index contributed by atoms with van der Waals surface area (Å²) < 4.78 is 8.23. The van der Waals surface area contributed by atoms with Gasteiger partial charge >= 0.3 is 0 Å². The maximum absolute atomic E-state index is 13.4. The summed E-state index contributed by atoms with van der Waals surface area (Å²) in [6.45, 7) is 13.3. The molecule has 0 saturated heterocycles. The van der Waals surface area contributed by atoms with Crippen molar-refractivity contribution < 1.29 is 14.0 Å². The minimum atomic E-state index is -1.80. The number of carbonyl (C=O) groups is 2. The number of nitrogens with zero attached hydrogens (tertiary/aromatic N) is 2. The van der Waals surface area contributed by atoms with Crippen molar-refractivity contribution in [1.82, 2.24) is 20.4 Å². The second kappa shape index (κ2) is 9.37. The van der Waals surface area contributed by atoms with Gasteiger partial charge in [-0.1, -0.05) is 44.5 Å². The van der Waals surface area contributed by atoms with Gasteiger partial charge in [0.05, 0.1) is 6.04 Å². The van der Waals surface area contributed by atoms with Gasteiger partial charge in [-0.15, -0.1) is 0 Å². The van der Waals surface area contributed by atoms with E-state index in [1.54, 1.807) is 23.9 Å². The minimum absolute atomic E-state index is 0.148. The van der Waals surface area contributed by atoms with E-state index in [1.165, 1.54) is 0 Å². The average Bonchev–Trinajstić information content (AvgIpc) is 3.13. The van der Waals surface area contributed by atoms with Crippen LogP contribution < -0.4 is 10.6 Å². The Bertz CT molecular complexity index is 1110. The molecule has 2 N–H and O–H groups in total. The Balaban J connectivity index is 1.46. The number of amides is 2. The standard InChI is InChI=1S/C26H37ClN4O3Si/c1-15(16-9-8-10-17(27)11-16)31-22(14-21(30-31)24(32)28-5)25(33)29-23-19-12-18(13-20(19)23)34-35(6,7)26(2,3)4/h8-11,14-15,18-20,23H,12-13H2,1-7H3,(H,28,32)(H,29,33)/t15-,18?,19-,20+,23+/m0/s1. The van der Waals surface area contributed by atoms with Gasteiger partial charge in [0.25, 0.3) is 11.8 Å². The zero-order valence-electron chi connectivity index (χ0n) is 21.7. The van der Waals surface area contributed by atoms with Crippen LogP contribution in [0, 0.1) is 11.8 Å². The first-order valence-electron chi connectivity index (χ1n) is 12.4. The molecule has 0 bridgehead atoms. The highest BCUT2D eigenvalue weighted by molar-refractivity contribution is 6.74. The van der Waals surface area contributed by atoms with Gasteiger partial charge in [-0.05, 0) is 67.4 Å². The van der Waals surface area contributed by atoms with E-state index in [9.17, 15) is 9.59 Å². The minimum Gasteiger partial charge on any atom is -0.414 e. The number of aromatic nitrogens is 2. The van der Waals surface area contributed by atoms with E-state index in [0.29, 0.717) is 22.6 Å². The Morgan fingerprint density at radius 3 is 2.40 bits per heavy atom. The Labute approximate surface area is 214 Å². The summed E-state index contributed by atoms with van der Waals surface area (Å²) in [4.78, 5) is 25.6. The molecule has 0 spiro atoms. The van der Waals surface area contributed by atoms with E-state index in [-0.39, 0.29) is 40.7 Å². The second-order valence-corrected chi connectivity index (χ2v) is 16.7. The Morgan fingerprint density at radius 1 is 1.17 bits per heavy atom. The van der Waals surface area contributed by atoms with Crippen molar-refractivity contribution in [2.75, 3.05) is 7.05 Å². The van der Waals surface area contributed by atoms with Crippen LogP contribution in [0.1, 0.15) is 73.1 Å². The fraction of sp³-hybridized carbons (Fsp3) is 0.577. The van der Waals surface area contributed by atoms with Crippen molar-refractivity contribution in [3.05, 3.63) is 52.3 Å². The third-order valence-corrected chi connectivity index (χ3v) is 12.9. The molecule has 0 aliphatic heterocycles. The Hall–Kier alpha value is -2.16. The predicted octanol–water partition coefficient (Wildman–Crippen LogP) is 5.03. The van der Waals surface area contributed by atoms with Crippen molar-refractivity contribution in [1.29, 1.82) is 0 Å². The molecule has 2 fully saturated rings. The van der Waals surface area contributed by atoms with Crippen LogP contribution in [-0.2, 0) is 4.43 Å². The predicted molar refractivity (Wildman–Crippen MR) is 140 cm³/mol. The van der Waals surface area contributed by atoms with E-state index in [1.807, 2.05) is 25.1 Å². The summed E-state index contributed by atoms with van der Waals surface area (Å²) in [7, 11) is -0.249. The molecule has 0 radical (unpaired) electrons. The number of fused-ring (bicyclic) bond motifs is 1. The fourth-order valence-corrected chi connectivity index (χ4v) is 6.50. The number of hydrogen-bond donors (Lipinski definition) is 2. The summed E-state index contributed by atoms with van der Waals surface area (Å²) in [5.41, 5.74) is 1.49. The van der Waals surface area contributed by atoms with Crippen molar-refractivity contribution in [2.45, 2.75) is 76.9 Å². The lowest BCUT2D eigenvalue weighted by Crippen LogP contribution is -2.44. The molecule has 1 heterocycles. The molecule has 9 heteroatoms. The van der Waals surface area contributed by atoms with E-state index in [0.717, 1.165) is 18.4 Å². The van der Waals surface area contributed by atoms with Gasteiger partial charge in [-0.25, -0.2) is 0 Å². The molecule has 1 aromatic heterocycles. The van der Waals surface area contributed by atoms with Crippen molar-refractivity contribution in [2.24, 2.45) is 11.8 Å². The average molecular weight is 517 g/mol. The number of rotatable bonds is 7. The lowest BCUT2D eigenvalue weighted by molar-refractivity contribution is 0.0924. The first kappa shape index (κ1) is 25.9. The molecule has 2 amide bonds. The van der Waals surface area contributed by atoms with Crippen LogP contribution in [-0.4, -0.2) is 49.1 Å². The van der Waals surface area contributed by atoms with Gasteiger partial charge < -0.3 is 15.1 Å². The van der Waals surface area contributed by atoms with E-state index >= 15 is 0 Å². The summed E-state index contributed by atoms with van der Waals surface area (Å²) in [6.07, 6.45) is 2.26. The molecule has 2 aliphatic carbocycles. The number of hydrogen-bond acceptors (Lipinski definition) is 4. The quantitative estimate of drug-likeness (QED) is 0.505. The summed E-state index contributed by atoms with van der Waals surface area (Å²) >= 11 is 6.18. The van der Waals surface area contributed by atoms with Crippen LogP contribution in [0.25, 0.3) is 0 Å². The van der Waals surface area contributed by atoms with Crippen LogP contribution >= 0.6 is 11.6 Å². The van der Waals surface area contributed by atoms with Crippen molar-refractivity contribution >= 4 is 31.7 Å². The SMILES string of the molecule is CNC(=O)c1cc(C(=O)N[C@H]2[C@@H]3CC(O[Si](C)(C)C(C)(C)C)C[C@@H]32)n([C@@H](C)c2cccc(Cl)c2)n1. The first-order chi connectivity index (χ1) is 16.3. The first-order valence-corrected chi connectivity index (χ1v) is 15.7. The van der Waals surface area contributed by atoms with E-state index in [2.05, 4.69) is 49.6 Å². The molecule has 1 aromatic carbocycles. The summed E-state index contributed by atoms with van der Waals surface area (Å²) in [5.74, 6) is 0.371. The Morgan fingerprint density at radius 2 is 1.83 bits per heavy atom. The Kier molecular flexibility index (Phi) is 6.94.